The lowest BCUT2D eigenvalue weighted by molar-refractivity contribution is 0.352. The highest BCUT2D eigenvalue weighted by molar-refractivity contribution is 4.90. The fourth-order valence-electron chi connectivity index (χ4n) is 2.71. The van der Waals surface area contributed by atoms with E-state index in [1.807, 2.05) is 0 Å². The lowest BCUT2D eigenvalue weighted by Crippen LogP contribution is -2.45. The van der Waals surface area contributed by atoms with Crippen LogP contribution >= 0.6 is 0 Å². The Balaban J connectivity index is 1.84. The molecule has 2 fully saturated rings. The maximum absolute atomic E-state index is 6.22. The van der Waals surface area contributed by atoms with Gasteiger partial charge in [-0.3, -0.25) is 0 Å². The predicted octanol–water partition coefficient (Wildman–Crippen LogP) is 1.26. The summed E-state index contributed by atoms with van der Waals surface area (Å²) in [7, 11) is 0. The predicted molar refractivity (Wildman–Crippen MR) is 51.0 cm³/mol. The van der Waals surface area contributed by atoms with Crippen molar-refractivity contribution in [2.24, 2.45) is 11.7 Å². The monoisotopic (exact) mass is 168 g/mol. The van der Waals surface area contributed by atoms with Gasteiger partial charge in [-0.2, -0.15) is 0 Å². The van der Waals surface area contributed by atoms with Crippen molar-refractivity contribution < 1.29 is 0 Å². The van der Waals surface area contributed by atoms with Crippen molar-refractivity contribution >= 4 is 0 Å². The lowest BCUT2D eigenvalue weighted by atomic mass is 9.92. The first kappa shape index (κ1) is 8.52. The Morgan fingerprint density at radius 1 is 1.08 bits per heavy atom. The van der Waals surface area contributed by atoms with Crippen LogP contribution < -0.4 is 11.1 Å². The number of rotatable bonds is 2. The number of nitrogens with two attached hydrogens (primary N) is 1. The second kappa shape index (κ2) is 3.75. The van der Waals surface area contributed by atoms with Crippen molar-refractivity contribution in [2.45, 2.75) is 50.6 Å². The van der Waals surface area contributed by atoms with Gasteiger partial charge in [0.15, 0.2) is 0 Å². The van der Waals surface area contributed by atoms with Gasteiger partial charge in [0, 0.05) is 12.1 Å². The molecule has 0 amide bonds. The second-order valence-electron chi connectivity index (χ2n) is 4.32. The molecule has 2 atom stereocenters. The van der Waals surface area contributed by atoms with Crippen LogP contribution in [0.15, 0.2) is 0 Å². The molecule has 0 spiro atoms. The average molecular weight is 168 g/mol. The van der Waals surface area contributed by atoms with Crippen molar-refractivity contribution in [3.05, 3.63) is 0 Å². The molecule has 2 heteroatoms. The van der Waals surface area contributed by atoms with Gasteiger partial charge >= 0.3 is 0 Å². The molecule has 0 aromatic heterocycles. The summed E-state index contributed by atoms with van der Waals surface area (Å²) >= 11 is 0. The minimum absolute atomic E-state index is 0.440. The van der Waals surface area contributed by atoms with Crippen molar-refractivity contribution in [1.82, 2.24) is 5.32 Å². The summed E-state index contributed by atoms with van der Waals surface area (Å²) in [6.45, 7) is 1.19. The zero-order chi connectivity index (χ0) is 8.39. The van der Waals surface area contributed by atoms with Crippen LogP contribution in [-0.2, 0) is 0 Å². The fourth-order valence-corrected chi connectivity index (χ4v) is 2.71. The van der Waals surface area contributed by atoms with Crippen molar-refractivity contribution in [1.29, 1.82) is 0 Å². The molecule has 70 valence electrons. The minimum atomic E-state index is 0.440. The molecule has 1 unspecified atom stereocenters. The Labute approximate surface area is 74.9 Å². The summed E-state index contributed by atoms with van der Waals surface area (Å²) in [4.78, 5) is 0. The van der Waals surface area contributed by atoms with E-state index < -0.39 is 0 Å². The van der Waals surface area contributed by atoms with Crippen LogP contribution in [-0.4, -0.2) is 18.6 Å². The molecule has 0 radical (unpaired) electrons. The molecule has 1 aliphatic carbocycles. The average Bonchev–Trinajstić information content (AvgIpc) is 2.77. The summed E-state index contributed by atoms with van der Waals surface area (Å²) in [5, 5.41) is 3.51. The quantitative estimate of drug-likeness (QED) is 0.651. The van der Waals surface area contributed by atoms with Crippen LogP contribution in [0.3, 0.4) is 0 Å². The maximum atomic E-state index is 6.22. The van der Waals surface area contributed by atoms with Crippen LogP contribution in [0.4, 0.5) is 0 Å². The molecular formula is C10H20N2. The normalized spacial score (nSPS) is 34.2. The first-order chi connectivity index (χ1) is 5.88. The minimum Gasteiger partial charge on any atom is -0.326 e. The van der Waals surface area contributed by atoms with Gasteiger partial charge < -0.3 is 11.1 Å². The van der Waals surface area contributed by atoms with Crippen LogP contribution in [0.2, 0.25) is 0 Å². The van der Waals surface area contributed by atoms with Crippen LogP contribution in [0.1, 0.15) is 38.5 Å². The van der Waals surface area contributed by atoms with Crippen molar-refractivity contribution in [3.63, 3.8) is 0 Å². The third-order valence-corrected chi connectivity index (χ3v) is 3.51. The molecule has 12 heavy (non-hydrogen) atoms. The Kier molecular flexibility index (Phi) is 2.66. The van der Waals surface area contributed by atoms with E-state index in [4.69, 9.17) is 5.73 Å². The van der Waals surface area contributed by atoms with Crippen LogP contribution in [0, 0.1) is 5.92 Å². The molecular weight excluding hydrogens is 148 g/mol. The Morgan fingerprint density at radius 2 is 1.83 bits per heavy atom. The summed E-state index contributed by atoms with van der Waals surface area (Å²) < 4.78 is 0. The molecule has 1 saturated heterocycles. The molecule has 2 nitrogen and oxygen atoms in total. The maximum Gasteiger partial charge on any atom is 0.0223 e. The Morgan fingerprint density at radius 3 is 2.42 bits per heavy atom. The van der Waals surface area contributed by atoms with E-state index in [2.05, 4.69) is 5.32 Å². The molecule has 3 N–H and O–H groups in total. The van der Waals surface area contributed by atoms with Gasteiger partial charge in [-0.15, -0.1) is 0 Å². The summed E-state index contributed by atoms with van der Waals surface area (Å²) in [6.07, 6.45) is 8.19. The van der Waals surface area contributed by atoms with Gasteiger partial charge in [0.25, 0.3) is 0 Å². The van der Waals surface area contributed by atoms with Gasteiger partial charge in [-0.05, 0) is 38.1 Å². The van der Waals surface area contributed by atoms with E-state index in [9.17, 15) is 0 Å². The van der Waals surface area contributed by atoms with E-state index in [1.54, 1.807) is 0 Å². The molecule has 1 saturated carbocycles. The first-order valence-corrected chi connectivity index (χ1v) is 5.37. The largest absolute Gasteiger partial charge is 0.326 e. The highest BCUT2D eigenvalue weighted by atomic mass is 15.0. The summed E-state index contributed by atoms with van der Waals surface area (Å²) in [5.41, 5.74) is 6.22. The van der Waals surface area contributed by atoms with Crippen molar-refractivity contribution in [2.75, 3.05) is 6.54 Å². The summed E-state index contributed by atoms with van der Waals surface area (Å²) in [5.74, 6) is 0.820. The van der Waals surface area contributed by atoms with Gasteiger partial charge in [-0.1, -0.05) is 12.8 Å². The SMILES string of the molecule is N[C@@H](C1CCCC1)C1CCCN1. The molecule has 2 rings (SSSR count). The Bertz CT molecular complexity index is 119. The van der Waals surface area contributed by atoms with Gasteiger partial charge in [-0.25, -0.2) is 0 Å². The molecule has 1 aliphatic heterocycles. The zero-order valence-corrected chi connectivity index (χ0v) is 7.76. The van der Waals surface area contributed by atoms with Crippen molar-refractivity contribution in [3.8, 4) is 0 Å². The molecule has 0 bridgehead atoms. The van der Waals surface area contributed by atoms with Crippen LogP contribution in [0.5, 0.6) is 0 Å². The first-order valence-electron chi connectivity index (χ1n) is 5.37. The summed E-state index contributed by atoms with van der Waals surface area (Å²) in [6, 6.07) is 1.07. The number of hydrogen-bond acceptors (Lipinski definition) is 2. The van der Waals surface area contributed by atoms with E-state index in [1.165, 1.54) is 45.1 Å². The van der Waals surface area contributed by atoms with E-state index in [-0.39, 0.29) is 0 Å². The molecule has 1 heterocycles. The van der Waals surface area contributed by atoms with Crippen LogP contribution in [0.25, 0.3) is 0 Å². The smallest absolute Gasteiger partial charge is 0.0223 e. The second-order valence-corrected chi connectivity index (χ2v) is 4.32. The highest BCUT2D eigenvalue weighted by Crippen LogP contribution is 2.29. The molecule has 0 aromatic carbocycles. The third kappa shape index (κ3) is 1.64. The fraction of sp³-hybridized carbons (Fsp3) is 1.00. The Hall–Kier alpha value is -0.0800. The topological polar surface area (TPSA) is 38.0 Å². The highest BCUT2D eigenvalue weighted by Gasteiger charge is 2.29. The molecule has 0 aromatic rings. The standard InChI is InChI=1S/C10H20N2/c11-10(8-4-1-2-5-8)9-6-3-7-12-9/h8-10,12H,1-7,11H2/t9?,10-/m0/s1. The third-order valence-electron chi connectivity index (χ3n) is 3.51. The lowest BCUT2D eigenvalue weighted by Gasteiger charge is -2.25. The number of nitrogens with one attached hydrogen (secondary N) is 1. The van der Waals surface area contributed by atoms with Gasteiger partial charge in [0.2, 0.25) is 0 Å². The van der Waals surface area contributed by atoms with Gasteiger partial charge in [0.05, 0.1) is 0 Å². The van der Waals surface area contributed by atoms with E-state index >= 15 is 0 Å². The van der Waals surface area contributed by atoms with E-state index in [0.717, 1.165) is 5.92 Å². The molecule has 2 aliphatic rings. The number of hydrogen-bond donors (Lipinski definition) is 2. The van der Waals surface area contributed by atoms with E-state index in [0.29, 0.717) is 12.1 Å². The van der Waals surface area contributed by atoms with Gasteiger partial charge in [0.1, 0.15) is 0 Å². The zero-order valence-electron chi connectivity index (χ0n) is 7.76.